The van der Waals surface area contributed by atoms with E-state index >= 15 is 0 Å². The van der Waals surface area contributed by atoms with Crippen molar-refractivity contribution >= 4 is 17.2 Å². The molecule has 1 atom stereocenters. The number of alkyl halides is 3. The summed E-state index contributed by atoms with van der Waals surface area (Å²) < 4.78 is 46.5. The Bertz CT molecular complexity index is 434. The quantitative estimate of drug-likeness (QED) is 0.621. The van der Waals surface area contributed by atoms with Crippen molar-refractivity contribution in [2.75, 3.05) is 13.2 Å². The van der Waals surface area contributed by atoms with Crippen LogP contribution < -0.4 is 10.5 Å². The van der Waals surface area contributed by atoms with Crippen LogP contribution in [0.2, 0.25) is 0 Å². The highest BCUT2D eigenvalue weighted by molar-refractivity contribution is 7.80. The second-order valence-electron chi connectivity index (χ2n) is 4.15. The molecule has 0 saturated heterocycles. The van der Waals surface area contributed by atoms with Crippen molar-refractivity contribution in [2.24, 2.45) is 5.73 Å². The van der Waals surface area contributed by atoms with Crippen LogP contribution in [0.15, 0.2) is 24.3 Å². The molecule has 2 N–H and O–H groups in total. The highest BCUT2D eigenvalue weighted by atomic mass is 32.1. The fraction of sp³-hybridized carbons (Fsp3) is 0.462. The lowest BCUT2D eigenvalue weighted by Crippen LogP contribution is -2.29. The molecule has 20 heavy (non-hydrogen) atoms. The Labute approximate surface area is 120 Å². The lowest BCUT2D eigenvalue weighted by Gasteiger charge is -2.16. The van der Waals surface area contributed by atoms with E-state index in [0.717, 1.165) is 12.5 Å². The average molecular weight is 307 g/mol. The van der Waals surface area contributed by atoms with E-state index in [-0.39, 0.29) is 13.2 Å². The van der Waals surface area contributed by atoms with Gasteiger partial charge in [0, 0.05) is 12.0 Å². The Morgan fingerprint density at radius 1 is 1.25 bits per heavy atom. The third kappa shape index (κ3) is 5.75. The SMILES string of the molecule is CC(OCCCOc1ccc(C(N)=S)cc1)C(F)(F)F. The topological polar surface area (TPSA) is 44.5 Å². The third-order valence-electron chi connectivity index (χ3n) is 2.53. The Kier molecular flexibility index (Phi) is 6.22. The van der Waals surface area contributed by atoms with E-state index in [2.05, 4.69) is 4.74 Å². The molecule has 0 bridgehead atoms. The molecule has 0 fully saturated rings. The van der Waals surface area contributed by atoms with Crippen molar-refractivity contribution in [3.8, 4) is 5.75 Å². The molecule has 0 aliphatic rings. The Balaban J connectivity index is 2.23. The summed E-state index contributed by atoms with van der Waals surface area (Å²) in [6.07, 6.45) is -5.71. The number of rotatable bonds is 7. The summed E-state index contributed by atoms with van der Waals surface area (Å²) in [6, 6.07) is 6.85. The molecule has 0 aliphatic carbocycles. The van der Waals surface area contributed by atoms with Crippen molar-refractivity contribution in [3.05, 3.63) is 29.8 Å². The molecule has 1 unspecified atom stereocenters. The first-order chi connectivity index (χ1) is 9.30. The monoisotopic (exact) mass is 307 g/mol. The number of halogens is 3. The summed E-state index contributed by atoms with van der Waals surface area (Å²) >= 11 is 4.81. The van der Waals surface area contributed by atoms with Crippen LogP contribution in [-0.4, -0.2) is 30.5 Å². The molecule has 0 radical (unpaired) electrons. The fourth-order valence-corrected chi connectivity index (χ4v) is 1.46. The van der Waals surface area contributed by atoms with E-state index in [4.69, 9.17) is 22.7 Å². The smallest absolute Gasteiger partial charge is 0.414 e. The molecule has 112 valence electrons. The maximum Gasteiger partial charge on any atom is 0.414 e. The van der Waals surface area contributed by atoms with Gasteiger partial charge in [0.2, 0.25) is 0 Å². The molecule has 0 amide bonds. The molecule has 1 aromatic rings. The first-order valence-corrected chi connectivity index (χ1v) is 6.42. The molecule has 0 saturated carbocycles. The van der Waals surface area contributed by atoms with Gasteiger partial charge in [-0.3, -0.25) is 0 Å². The van der Waals surface area contributed by atoms with Gasteiger partial charge in [0.25, 0.3) is 0 Å². The maximum atomic E-state index is 12.1. The minimum atomic E-state index is -4.32. The lowest BCUT2D eigenvalue weighted by atomic mass is 10.2. The van der Waals surface area contributed by atoms with Gasteiger partial charge in [-0.05, 0) is 31.2 Å². The second kappa shape index (κ2) is 7.44. The minimum absolute atomic E-state index is 0.00829. The van der Waals surface area contributed by atoms with Crippen LogP contribution >= 0.6 is 12.2 Å². The zero-order valence-corrected chi connectivity index (χ0v) is 11.8. The predicted molar refractivity (Wildman–Crippen MR) is 73.9 cm³/mol. The Hall–Kier alpha value is -1.34. The largest absolute Gasteiger partial charge is 0.494 e. The number of hydrogen-bond donors (Lipinski definition) is 1. The van der Waals surface area contributed by atoms with Crippen molar-refractivity contribution in [1.29, 1.82) is 0 Å². The normalized spacial score (nSPS) is 13.0. The van der Waals surface area contributed by atoms with Gasteiger partial charge in [-0.1, -0.05) is 12.2 Å². The van der Waals surface area contributed by atoms with Gasteiger partial charge in [0.1, 0.15) is 10.7 Å². The predicted octanol–water partition coefficient (Wildman–Crippen LogP) is 3.06. The highest BCUT2D eigenvalue weighted by Gasteiger charge is 2.36. The van der Waals surface area contributed by atoms with Crippen LogP contribution in [-0.2, 0) is 4.74 Å². The van der Waals surface area contributed by atoms with Crippen molar-refractivity contribution in [3.63, 3.8) is 0 Å². The zero-order chi connectivity index (χ0) is 15.2. The summed E-state index contributed by atoms with van der Waals surface area (Å²) in [5.41, 5.74) is 6.18. The van der Waals surface area contributed by atoms with E-state index in [1.54, 1.807) is 24.3 Å². The number of hydrogen-bond acceptors (Lipinski definition) is 3. The van der Waals surface area contributed by atoms with Gasteiger partial charge in [-0.2, -0.15) is 13.2 Å². The van der Waals surface area contributed by atoms with E-state index < -0.39 is 12.3 Å². The van der Waals surface area contributed by atoms with Gasteiger partial charge >= 0.3 is 6.18 Å². The third-order valence-corrected chi connectivity index (χ3v) is 2.76. The van der Waals surface area contributed by atoms with E-state index in [1.165, 1.54) is 0 Å². The number of ether oxygens (including phenoxy) is 2. The zero-order valence-electron chi connectivity index (χ0n) is 10.9. The molecule has 0 heterocycles. The summed E-state index contributed by atoms with van der Waals surface area (Å²) in [4.78, 5) is 0.297. The average Bonchev–Trinajstić information content (AvgIpc) is 2.37. The molecular weight excluding hydrogens is 291 g/mol. The molecule has 1 rings (SSSR count). The van der Waals surface area contributed by atoms with Crippen LogP contribution in [0, 0.1) is 0 Å². The lowest BCUT2D eigenvalue weighted by molar-refractivity contribution is -0.214. The molecule has 1 aromatic carbocycles. The molecular formula is C13H16F3NO2S. The van der Waals surface area contributed by atoms with Crippen LogP contribution in [0.3, 0.4) is 0 Å². The molecule has 0 aromatic heterocycles. The van der Waals surface area contributed by atoms with Crippen molar-refractivity contribution in [2.45, 2.75) is 25.6 Å². The summed E-state index contributed by atoms with van der Waals surface area (Å²) in [5, 5.41) is 0. The van der Waals surface area contributed by atoms with Crippen molar-refractivity contribution in [1.82, 2.24) is 0 Å². The van der Waals surface area contributed by atoms with Crippen molar-refractivity contribution < 1.29 is 22.6 Å². The maximum absolute atomic E-state index is 12.1. The first kappa shape index (κ1) is 16.7. The number of nitrogens with two attached hydrogens (primary N) is 1. The summed E-state index contributed by atoms with van der Waals surface area (Å²) in [5.74, 6) is 0.605. The van der Waals surface area contributed by atoms with Gasteiger partial charge in [-0.15, -0.1) is 0 Å². The van der Waals surface area contributed by atoms with E-state index in [1.807, 2.05) is 0 Å². The molecule has 0 spiro atoms. The Morgan fingerprint density at radius 3 is 2.35 bits per heavy atom. The summed E-state index contributed by atoms with van der Waals surface area (Å²) in [7, 11) is 0. The molecule has 7 heteroatoms. The van der Waals surface area contributed by atoms with Crippen LogP contribution in [0.4, 0.5) is 13.2 Å². The molecule has 3 nitrogen and oxygen atoms in total. The number of benzene rings is 1. The van der Waals surface area contributed by atoms with Gasteiger partial charge in [-0.25, -0.2) is 0 Å². The molecule has 0 aliphatic heterocycles. The second-order valence-corrected chi connectivity index (χ2v) is 4.59. The fourth-order valence-electron chi connectivity index (χ4n) is 1.32. The number of thiocarbonyl (C=S) groups is 1. The van der Waals surface area contributed by atoms with E-state index in [9.17, 15) is 13.2 Å². The van der Waals surface area contributed by atoms with Crippen LogP contribution in [0.5, 0.6) is 5.75 Å². The van der Waals surface area contributed by atoms with E-state index in [0.29, 0.717) is 17.2 Å². The van der Waals surface area contributed by atoms with Gasteiger partial charge in [0.05, 0.1) is 13.2 Å². The minimum Gasteiger partial charge on any atom is -0.494 e. The first-order valence-electron chi connectivity index (χ1n) is 6.01. The summed E-state index contributed by atoms with van der Waals surface area (Å²) in [6.45, 7) is 1.25. The van der Waals surface area contributed by atoms with Crippen LogP contribution in [0.1, 0.15) is 18.9 Å². The van der Waals surface area contributed by atoms with Gasteiger partial charge < -0.3 is 15.2 Å². The van der Waals surface area contributed by atoms with Gasteiger partial charge in [0.15, 0.2) is 6.10 Å². The Morgan fingerprint density at radius 2 is 1.85 bits per heavy atom. The highest BCUT2D eigenvalue weighted by Crippen LogP contribution is 2.22. The standard InChI is InChI=1S/C13H16F3NO2S/c1-9(13(14,15)16)18-7-2-8-19-11-5-3-10(4-6-11)12(17)20/h3-6,9H,2,7-8H2,1H3,(H2,17,20). The van der Waals surface area contributed by atoms with Crippen LogP contribution in [0.25, 0.3) is 0 Å².